The second kappa shape index (κ2) is 5.56. The van der Waals surface area contributed by atoms with Crippen LogP contribution in [0.3, 0.4) is 0 Å². The van der Waals surface area contributed by atoms with Crippen molar-refractivity contribution in [2.45, 2.75) is 0 Å². The molecule has 0 amide bonds. The monoisotopic (exact) mass is 303 g/mol. The van der Waals surface area contributed by atoms with Crippen LogP contribution in [-0.2, 0) is 4.74 Å². The molecule has 3 heterocycles. The Balaban J connectivity index is 2.15. The number of hydrogen-bond acceptors (Lipinski definition) is 4. The van der Waals surface area contributed by atoms with E-state index in [2.05, 4.69) is 0 Å². The van der Waals surface area contributed by atoms with E-state index < -0.39 is 0 Å². The van der Waals surface area contributed by atoms with Gasteiger partial charge >= 0.3 is 17.5 Å². The minimum atomic E-state index is -0.364. The minimum absolute atomic E-state index is 0.364. The van der Waals surface area contributed by atoms with Gasteiger partial charge in [-0.3, -0.25) is 0 Å². The molecule has 0 unspecified atom stereocenters. The van der Waals surface area contributed by atoms with E-state index in [1.165, 1.54) is 7.11 Å². The Bertz CT molecular complexity index is 663. The van der Waals surface area contributed by atoms with Crippen molar-refractivity contribution in [1.29, 1.82) is 0 Å². The van der Waals surface area contributed by atoms with E-state index >= 15 is 0 Å². The van der Waals surface area contributed by atoms with Crippen LogP contribution in [0.15, 0.2) is 51.6 Å². The van der Waals surface area contributed by atoms with Crippen LogP contribution in [-0.4, -0.2) is 13.1 Å². The summed E-state index contributed by atoms with van der Waals surface area (Å²) in [7, 11) is 1.38. The maximum absolute atomic E-state index is 11.8. The molecule has 3 aromatic heterocycles. The lowest BCUT2D eigenvalue weighted by Gasteiger charge is -1.97. The molecule has 3 nitrogen and oxygen atoms in total. The highest BCUT2D eigenvalue weighted by Gasteiger charge is 2.24. The highest BCUT2D eigenvalue weighted by molar-refractivity contribution is 7.13. The third-order valence-corrected chi connectivity index (χ3v) is 4.51. The molecule has 0 aliphatic carbocycles. The van der Waals surface area contributed by atoms with Crippen molar-refractivity contribution >= 4 is 28.6 Å². The summed E-state index contributed by atoms with van der Waals surface area (Å²) >= 11 is 3.14. The van der Waals surface area contributed by atoms with Crippen molar-refractivity contribution in [2.24, 2.45) is 0 Å². The van der Waals surface area contributed by atoms with E-state index in [1.807, 2.05) is 35.0 Å². The third-order valence-electron chi connectivity index (χ3n) is 2.74. The van der Waals surface area contributed by atoms with Gasteiger partial charge in [-0.25, -0.2) is 9.21 Å². The van der Waals surface area contributed by atoms with E-state index in [9.17, 15) is 4.79 Å². The maximum atomic E-state index is 11.8. The van der Waals surface area contributed by atoms with Crippen LogP contribution < -0.4 is 0 Å². The summed E-state index contributed by atoms with van der Waals surface area (Å²) in [6.07, 6.45) is 0. The molecule has 20 heavy (non-hydrogen) atoms. The first-order valence-electron chi connectivity index (χ1n) is 5.92. The molecule has 0 aromatic carbocycles. The van der Waals surface area contributed by atoms with Gasteiger partial charge in [-0.1, -0.05) is 12.1 Å². The van der Waals surface area contributed by atoms with Crippen LogP contribution in [0, 0.1) is 0 Å². The normalized spacial score (nSPS) is 10.4. The quantitative estimate of drug-likeness (QED) is 0.515. The minimum Gasteiger partial charge on any atom is -0.465 e. The van der Waals surface area contributed by atoms with Crippen LogP contribution in [0.2, 0.25) is 0 Å². The van der Waals surface area contributed by atoms with E-state index in [-0.39, 0.29) is 5.97 Å². The Hall–Kier alpha value is -1.98. The van der Waals surface area contributed by atoms with Gasteiger partial charge in [-0.2, -0.15) is 0 Å². The van der Waals surface area contributed by atoms with Gasteiger partial charge in [0.1, 0.15) is 9.75 Å². The summed E-state index contributed by atoms with van der Waals surface area (Å²) < 4.78 is 10.7. The number of thiophene rings is 2. The first kappa shape index (κ1) is 13.0. The van der Waals surface area contributed by atoms with Crippen molar-refractivity contribution in [3.63, 3.8) is 0 Å². The molecular formula is C15H11O3S2+. The maximum Gasteiger partial charge on any atom is 0.371 e. The lowest BCUT2D eigenvalue weighted by Crippen LogP contribution is -2.01. The second-order valence-corrected chi connectivity index (χ2v) is 5.92. The molecule has 0 N–H and O–H groups in total. The molecule has 0 saturated heterocycles. The van der Waals surface area contributed by atoms with E-state index in [4.69, 9.17) is 9.15 Å². The first-order chi connectivity index (χ1) is 9.78. The zero-order valence-corrected chi connectivity index (χ0v) is 12.3. The molecule has 0 saturated carbocycles. The molecule has 0 aliphatic rings. The topological polar surface area (TPSA) is 37.6 Å². The van der Waals surface area contributed by atoms with Gasteiger partial charge in [0.05, 0.1) is 24.8 Å². The summed E-state index contributed by atoms with van der Waals surface area (Å²) in [5.41, 5.74) is 0.491. The molecule has 0 aliphatic heterocycles. The second-order valence-electron chi connectivity index (χ2n) is 4.02. The smallest absolute Gasteiger partial charge is 0.371 e. The number of rotatable bonds is 3. The third kappa shape index (κ3) is 2.50. The molecule has 5 heteroatoms. The van der Waals surface area contributed by atoms with Crippen LogP contribution in [0.25, 0.3) is 21.3 Å². The summed E-state index contributed by atoms with van der Waals surface area (Å²) in [4.78, 5) is 13.8. The van der Waals surface area contributed by atoms with Crippen molar-refractivity contribution in [1.82, 2.24) is 0 Å². The van der Waals surface area contributed by atoms with Crippen molar-refractivity contribution in [2.75, 3.05) is 7.11 Å². The van der Waals surface area contributed by atoms with E-state index in [1.54, 1.807) is 34.8 Å². The van der Waals surface area contributed by atoms with Crippen LogP contribution in [0.5, 0.6) is 0 Å². The molecule has 0 spiro atoms. The largest absolute Gasteiger partial charge is 0.465 e. The number of carbonyl (C=O) groups is 1. The number of esters is 1. The summed E-state index contributed by atoms with van der Waals surface area (Å²) in [5.74, 6) is 0.981. The summed E-state index contributed by atoms with van der Waals surface area (Å²) in [6.45, 7) is 0. The zero-order valence-electron chi connectivity index (χ0n) is 10.7. The predicted octanol–water partition coefficient (Wildman–Crippen LogP) is 4.80. The molecule has 100 valence electrons. The summed E-state index contributed by atoms with van der Waals surface area (Å²) in [5, 5.41) is 3.95. The standard InChI is InChI=1S/C15H11O3S2/c1-17-15(16)10-8-11(13-4-2-6-19-13)18-12(9-10)14-5-3-7-20-14/h2-9H,1H3/q+1. The van der Waals surface area contributed by atoms with Gasteiger partial charge in [0.25, 0.3) is 0 Å². The Morgan fingerprint density at radius 2 is 1.60 bits per heavy atom. The number of ether oxygens (including phenoxy) is 1. The molecule has 0 fully saturated rings. The molecule has 0 radical (unpaired) electrons. The zero-order chi connectivity index (χ0) is 13.9. The average Bonchev–Trinajstić information content (AvgIpc) is 3.18. The SMILES string of the molecule is COC(=O)c1cc(-c2cccs2)[o+]c(-c2cccs2)c1. The lowest BCUT2D eigenvalue weighted by molar-refractivity contribution is 0.0600. The molecule has 0 bridgehead atoms. The average molecular weight is 303 g/mol. The van der Waals surface area contributed by atoms with Crippen LogP contribution in [0.4, 0.5) is 0 Å². The predicted molar refractivity (Wildman–Crippen MR) is 81.1 cm³/mol. The van der Waals surface area contributed by atoms with Crippen molar-refractivity contribution < 1.29 is 13.9 Å². The fourth-order valence-electron chi connectivity index (χ4n) is 1.82. The van der Waals surface area contributed by atoms with Gasteiger partial charge in [0, 0.05) is 0 Å². The fraction of sp³-hybridized carbons (Fsp3) is 0.0667. The van der Waals surface area contributed by atoms with Crippen molar-refractivity contribution in [3.8, 4) is 21.3 Å². The van der Waals surface area contributed by atoms with Gasteiger partial charge in [0.15, 0.2) is 0 Å². The Kier molecular flexibility index (Phi) is 3.62. The van der Waals surface area contributed by atoms with E-state index in [0.717, 1.165) is 9.75 Å². The molecular weight excluding hydrogens is 292 g/mol. The highest BCUT2D eigenvalue weighted by atomic mass is 32.1. The first-order valence-corrected chi connectivity index (χ1v) is 7.68. The number of methoxy groups -OCH3 is 1. The van der Waals surface area contributed by atoms with E-state index in [0.29, 0.717) is 17.1 Å². The Morgan fingerprint density at radius 1 is 1.05 bits per heavy atom. The van der Waals surface area contributed by atoms with Gasteiger partial charge < -0.3 is 4.74 Å². The molecule has 3 rings (SSSR count). The molecule has 0 atom stereocenters. The Morgan fingerprint density at radius 3 is 2.00 bits per heavy atom. The van der Waals surface area contributed by atoms with Gasteiger partial charge in [-0.05, 0) is 22.9 Å². The number of hydrogen-bond donors (Lipinski definition) is 0. The lowest BCUT2D eigenvalue weighted by atomic mass is 10.2. The highest BCUT2D eigenvalue weighted by Crippen LogP contribution is 2.32. The van der Waals surface area contributed by atoms with Gasteiger partial charge in [0.2, 0.25) is 0 Å². The molecule has 3 aromatic rings. The fourth-order valence-corrected chi connectivity index (χ4v) is 3.17. The van der Waals surface area contributed by atoms with Gasteiger partial charge in [-0.15, -0.1) is 22.7 Å². The Labute approximate surface area is 124 Å². The number of carbonyl (C=O) groups excluding carboxylic acids is 1. The van der Waals surface area contributed by atoms with Crippen LogP contribution in [0.1, 0.15) is 10.4 Å². The summed E-state index contributed by atoms with van der Waals surface area (Å²) in [6, 6.07) is 11.3. The van der Waals surface area contributed by atoms with Crippen LogP contribution >= 0.6 is 22.7 Å². The van der Waals surface area contributed by atoms with Crippen molar-refractivity contribution in [3.05, 3.63) is 52.7 Å².